The van der Waals surface area contributed by atoms with Gasteiger partial charge in [-0.1, -0.05) is 42.5 Å². The van der Waals surface area contributed by atoms with Crippen LogP contribution in [0.4, 0.5) is 0 Å². The first-order valence-electron chi connectivity index (χ1n) is 8.52. The summed E-state index contributed by atoms with van der Waals surface area (Å²) in [5, 5.41) is 3.08. The van der Waals surface area contributed by atoms with E-state index in [-0.39, 0.29) is 18.5 Å². The number of hydrogen-bond donors (Lipinski definition) is 1. The topological polar surface area (TPSA) is 60.1 Å². The molecular formula is C21H19N3O2. The molecule has 1 amide bonds. The molecule has 0 unspecified atom stereocenters. The number of para-hydroxylation sites is 2. The van der Waals surface area contributed by atoms with Gasteiger partial charge in [-0.2, -0.15) is 0 Å². The molecule has 2 heterocycles. The lowest BCUT2D eigenvalue weighted by molar-refractivity contribution is -0.122. The highest BCUT2D eigenvalue weighted by atomic mass is 16.3. The maximum absolute atomic E-state index is 12.8. The molecule has 2 aromatic heterocycles. The van der Waals surface area contributed by atoms with E-state index >= 15 is 0 Å². The van der Waals surface area contributed by atoms with Crippen molar-refractivity contribution < 1.29 is 9.21 Å². The Bertz CT molecular complexity index is 1020. The van der Waals surface area contributed by atoms with E-state index in [1.54, 1.807) is 6.26 Å². The lowest BCUT2D eigenvalue weighted by Crippen LogP contribution is -2.32. The number of amides is 1. The molecule has 0 radical (unpaired) electrons. The maximum Gasteiger partial charge on any atom is 0.240 e. The maximum atomic E-state index is 12.8. The molecule has 5 heteroatoms. The Labute approximate surface area is 151 Å². The van der Waals surface area contributed by atoms with Crippen molar-refractivity contribution in [1.82, 2.24) is 14.9 Å². The van der Waals surface area contributed by atoms with Crippen LogP contribution in [0.3, 0.4) is 0 Å². The van der Waals surface area contributed by atoms with Crippen LogP contribution in [0.2, 0.25) is 0 Å². The minimum absolute atomic E-state index is 0.0958. The molecular weight excluding hydrogens is 326 g/mol. The summed E-state index contributed by atoms with van der Waals surface area (Å²) in [5.41, 5.74) is 2.82. The summed E-state index contributed by atoms with van der Waals surface area (Å²) in [6.07, 6.45) is 1.62. The van der Waals surface area contributed by atoms with E-state index in [4.69, 9.17) is 4.42 Å². The molecule has 4 aromatic rings. The highest BCUT2D eigenvalue weighted by Gasteiger charge is 2.20. The van der Waals surface area contributed by atoms with Crippen LogP contribution in [0.25, 0.3) is 11.0 Å². The van der Waals surface area contributed by atoms with Crippen molar-refractivity contribution in [2.45, 2.75) is 19.5 Å². The van der Waals surface area contributed by atoms with Gasteiger partial charge in [-0.25, -0.2) is 4.98 Å². The fourth-order valence-corrected chi connectivity index (χ4v) is 3.17. The smallest absolute Gasteiger partial charge is 0.240 e. The average Bonchev–Trinajstić information content (AvgIpc) is 3.29. The standard InChI is InChI=1S/C21H19N3O2/c1-15-22-17-10-5-6-11-18(17)24(15)14-20(25)23-21(19-12-7-13-26-19)16-8-3-2-4-9-16/h2-13,21H,14H2,1H3,(H,23,25)/t21-/m0/s1. The van der Waals surface area contributed by atoms with Gasteiger partial charge in [0, 0.05) is 0 Å². The van der Waals surface area contributed by atoms with Gasteiger partial charge in [0.15, 0.2) is 0 Å². The van der Waals surface area contributed by atoms with Crippen molar-refractivity contribution in [2.75, 3.05) is 0 Å². The Hall–Kier alpha value is -3.34. The van der Waals surface area contributed by atoms with E-state index in [0.717, 1.165) is 22.4 Å². The van der Waals surface area contributed by atoms with E-state index in [1.807, 2.05) is 78.2 Å². The van der Waals surface area contributed by atoms with Crippen LogP contribution in [0.5, 0.6) is 0 Å². The monoisotopic (exact) mass is 345 g/mol. The largest absolute Gasteiger partial charge is 0.467 e. The molecule has 0 spiro atoms. The first-order valence-corrected chi connectivity index (χ1v) is 8.52. The quantitative estimate of drug-likeness (QED) is 0.598. The summed E-state index contributed by atoms with van der Waals surface area (Å²) >= 11 is 0. The number of benzene rings is 2. The molecule has 0 aliphatic carbocycles. The van der Waals surface area contributed by atoms with Gasteiger partial charge in [-0.15, -0.1) is 0 Å². The van der Waals surface area contributed by atoms with Crippen LogP contribution >= 0.6 is 0 Å². The zero-order valence-electron chi connectivity index (χ0n) is 14.4. The number of fused-ring (bicyclic) bond motifs is 1. The Morgan fingerprint density at radius 3 is 2.62 bits per heavy atom. The fourth-order valence-electron chi connectivity index (χ4n) is 3.17. The number of aromatic nitrogens is 2. The summed E-state index contributed by atoms with van der Waals surface area (Å²) < 4.78 is 7.47. The van der Waals surface area contributed by atoms with E-state index in [0.29, 0.717) is 5.76 Å². The van der Waals surface area contributed by atoms with Gasteiger partial charge in [-0.05, 0) is 36.8 Å². The summed E-state index contributed by atoms with van der Waals surface area (Å²) in [4.78, 5) is 17.3. The Balaban J connectivity index is 1.60. The molecule has 26 heavy (non-hydrogen) atoms. The second-order valence-electron chi connectivity index (χ2n) is 6.16. The van der Waals surface area contributed by atoms with Crippen LogP contribution < -0.4 is 5.32 Å². The van der Waals surface area contributed by atoms with Gasteiger partial charge in [-0.3, -0.25) is 4.79 Å². The highest BCUT2D eigenvalue weighted by Crippen LogP contribution is 2.22. The summed E-state index contributed by atoms with van der Waals surface area (Å²) in [6, 6.07) is 21.0. The predicted octanol–water partition coefficient (Wildman–Crippen LogP) is 3.84. The van der Waals surface area contributed by atoms with Crippen LogP contribution in [0.1, 0.15) is 23.2 Å². The Morgan fingerprint density at radius 2 is 1.85 bits per heavy atom. The highest BCUT2D eigenvalue weighted by molar-refractivity contribution is 5.81. The fraction of sp³-hybridized carbons (Fsp3) is 0.143. The van der Waals surface area contributed by atoms with Crippen molar-refractivity contribution in [3.63, 3.8) is 0 Å². The SMILES string of the molecule is Cc1nc2ccccc2n1CC(=O)N[C@@H](c1ccccc1)c1ccco1. The van der Waals surface area contributed by atoms with Gasteiger partial charge in [0.2, 0.25) is 5.91 Å². The number of hydrogen-bond acceptors (Lipinski definition) is 3. The molecule has 0 saturated carbocycles. The lowest BCUT2D eigenvalue weighted by atomic mass is 10.0. The number of nitrogens with zero attached hydrogens (tertiary/aromatic N) is 2. The third kappa shape index (κ3) is 3.11. The number of nitrogens with one attached hydrogen (secondary N) is 1. The predicted molar refractivity (Wildman–Crippen MR) is 99.6 cm³/mol. The molecule has 5 nitrogen and oxygen atoms in total. The van der Waals surface area contributed by atoms with Crippen LogP contribution in [-0.2, 0) is 11.3 Å². The van der Waals surface area contributed by atoms with Gasteiger partial charge in [0.1, 0.15) is 24.2 Å². The van der Waals surface area contributed by atoms with Crippen LogP contribution in [0.15, 0.2) is 77.4 Å². The Kier molecular flexibility index (Phi) is 4.27. The number of carbonyl (C=O) groups is 1. The summed E-state index contributed by atoms with van der Waals surface area (Å²) in [5.74, 6) is 1.42. The lowest BCUT2D eigenvalue weighted by Gasteiger charge is -2.18. The first kappa shape index (κ1) is 16.1. The minimum Gasteiger partial charge on any atom is -0.467 e. The summed E-state index contributed by atoms with van der Waals surface area (Å²) in [7, 11) is 0. The number of aryl methyl sites for hydroxylation is 1. The molecule has 130 valence electrons. The summed E-state index contributed by atoms with van der Waals surface area (Å²) in [6.45, 7) is 2.12. The molecule has 0 bridgehead atoms. The molecule has 0 aliphatic heterocycles. The van der Waals surface area contributed by atoms with E-state index in [1.165, 1.54) is 0 Å². The third-order valence-electron chi connectivity index (χ3n) is 4.41. The second kappa shape index (κ2) is 6.88. The zero-order chi connectivity index (χ0) is 17.9. The van der Waals surface area contributed by atoms with Crippen LogP contribution in [0, 0.1) is 6.92 Å². The van der Waals surface area contributed by atoms with Crippen molar-refractivity contribution in [1.29, 1.82) is 0 Å². The Morgan fingerprint density at radius 1 is 1.08 bits per heavy atom. The van der Waals surface area contributed by atoms with E-state index in [2.05, 4.69) is 10.3 Å². The third-order valence-corrected chi connectivity index (χ3v) is 4.41. The molecule has 1 atom stereocenters. The molecule has 0 fully saturated rings. The molecule has 4 rings (SSSR count). The number of carbonyl (C=O) groups excluding carboxylic acids is 1. The van der Waals surface area contributed by atoms with Crippen molar-refractivity contribution >= 4 is 16.9 Å². The van der Waals surface area contributed by atoms with Crippen molar-refractivity contribution in [3.8, 4) is 0 Å². The molecule has 1 N–H and O–H groups in total. The van der Waals surface area contributed by atoms with Crippen molar-refractivity contribution in [2.24, 2.45) is 0 Å². The van der Waals surface area contributed by atoms with Gasteiger partial charge < -0.3 is 14.3 Å². The number of rotatable bonds is 5. The average molecular weight is 345 g/mol. The molecule has 2 aromatic carbocycles. The molecule has 0 saturated heterocycles. The van der Waals surface area contributed by atoms with Crippen molar-refractivity contribution in [3.05, 3.63) is 90.1 Å². The van der Waals surface area contributed by atoms with E-state index in [9.17, 15) is 4.79 Å². The number of imidazole rings is 1. The second-order valence-corrected chi connectivity index (χ2v) is 6.16. The minimum atomic E-state index is -0.325. The van der Waals surface area contributed by atoms with Gasteiger partial charge in [0.25, 0.3) is 0 Å². The molecule has 0 aliphatic rings. The van der Waals surface area contributed by atoms with E-state index < -0.39 is 0 Å². The van der Waals surface area contributed by atoms with Crippen LogP contribution in [-0.4, -0.2) is 15.5 Å². The normalized spacial score (nSPS) is 12.2. The first-order chi connectivity index (χ1) is 12.7. The number of furan rings is 1. The van der Waals surface area contributed by atoms with Gasteiger partial charge in [0.05, 0.1) is 17.3 Å². The zero-order valence-corrected chi connectivity index (χ0v) is 14.4. The van der Waals surface area contributed by atoms with Gasteiger partial charge >= 0.3 is 0 Å².